The van der Waals surface area contributed by atoms with E-state index in [0.29, 0.717) is 22.2 Å². The molecule has 0 radical (unpaired) electrons. The summed E-state index contributed by atoms with van der Waals surface area (Å²) in [7, 11) is 0. The van der Waals surface area contributed by atoms with Gasteiger partial charge in [0.1, 0.15) is 5.82 Å². The zero-order chi connectivity index (χ0) is 18.7. The van der Waals surface area contributed by atoms with Crippen molar-refractivity contribution >= 4 is 28.2 Å². The number of fused-ring (bicyclic) bond motifs is 1. The van der Waals surface area contributed by atoms with Crippen LogP contribution in [-0.2, 0) is 10.9 Å². The molecule has 2 aromatic carbocycles. The maximum absolute atomic E-state index is 12.9. The van der Waals surface area contributed by atoms with Gasteiger partial charge in [-0.15, -0.1) is 0 Å². The molecule has 0 aliphatic heterocycles. The highest BCUT2D eigenvalue weighted by atomic mass is 19.4. The van der Waals surface area contributed by atoms with E-state index in [1.165, 1.54) is 18.3 Å². The Bertz CT molecular complexity index is 955. The largest absolute Gasteiger partial charge is 0.462 e. The monoisotopic (exact) mass is 360 g/mol. The van der Waals surface area contributed by atoms with Gasteiger partial charge in [-0.25, -0.2) is 9.78 Å². The molecular formula is C19H15F3N2O2. The van der Waals surface area contributed by atoms with Gasteiger partial charge in [-0.3, -0.25) is 0 Å². The van der Waals surface area contributed by atoms with E-state index in [1.807, 2.05) is 0 Å². The van der Waals surface area contributed by atoms with Crippen LogP contribution in [-0.4, -0.2) is 17.6 Å². The first-order valence-corrected chi connectivity index (χ1v) is 7.89. The number of pyridine rings is 1. The lowest BCUT2D eigenvalue weighted by molar-refractivity contribution is -0.137. The summed E-state index contributed by atoms with van der Waals surface area (Å²) in [5.74, 6) is -0.144. The van der Waals surface area contributed by atoms with Gasteiger partial charge in [-0.05, 0) is 25.1 Å². The summed E-state index contributed by atoms with van der Waals surface area (Å²) in [5.41, 5.74) is -0.201. The van der Waals surface area contributed by atoms with E-state index in [0.717, 1.165) is 12.1 Å². The quantitative estimate of drug-likeness (QED) is 0.652. The number of halogens is 3. The fourth-order valence-corrected chi connectivity index (χ4v) is 2.57. The third kappa shape index (κ3) is 3.61. The number of esters is 1. The van der Waals surface area contributed by atoms with Crippen LogP contribution in [0.1, 0.15) is 22.8 Å². The molecule has 0 fully saturated rings. The number of ether oxygens (including phenoxy) is 1. The molecule has 134 valence electrons. The van der Waals surface area contributed by atoms with Crippen LogP contribution in [0.15, 0.2) is 54.7 Å². The molecule has 0 bridgehead atoms. The third-order valence-corrected chi connectivity index (χ3v) is 3.74. The van der Waals surface area contributed by atoms with Crippen molar-refractivity contribution in [3.05, 3.63) is 65.9 Å². The van der Waals surface area contributed by atoms with Crippen LogP contribution in [0.5, 0.6) is 0 Å². The van der Waals surface area contributed by atoms with Crippen molar-refractivity contribution in [1.29, 1.82) is 0 Å². The molecular weight excluding hydrogens is 345 g/mol. The average Bonchev–Trinajstić information content (AvgIpc) is 2.62. The van der Waals surface area contributed by atoms with Crippen molar-refractivity contribution < 1.29 is 22.7 Å². The van der Waals surface area contributed by atoms with Gasteiger partial charge in [0.25, 0.3) is 0 Å². The Labute approximate surface area is 147 Å². The van der Waals surface area contributed by atoms with E-state index in [-0.39, 0.29) is 12.3 Å². The minimum absolute atomic E-state index is 0.234. The van der Waals surface area contributed by atoms with E-state index >= 15 is 0 Å². The summed E-state index contributed by atoms with van der Waals surface area (Å²) in [4.78, 5) is 16.3. The highest BCUT2D eigenvalue weighted by molar-refractivity contribution is 6.07. The summed E-state index contributed by atoms with van der Waals surface area (Å²) in [6, 6.07) is 11.8. The first kappa shape index (κ1) is 17.7. The van der Waals surface area contributed by atoms with Crippen molar-refractivity contribution in [3.63, 3.8) is 0 Å². The minimum atomic E-state index is -4.43. The molecule has 1 N–H and O–H groups in total. The van der Waals surface area contributed by atoms with Gasteiger partial charge in [-0.2, -0.15) is 13.2 Å². The minimum Gasteiger partial charge on any atom is -0.462 e. The number of rotatable bonds is 4. The lowest BCUT2D eigenvalue weighted by Crippen LogP contribution is -2.08. The SMILES string of the molecule is CCOC(=O)c1cnc(Nc2cccc(C(F)(F)F)c2)c2ccccc12. The summed E-state index contributed by atoms with van der Waals surface area (Å²) in [6.45, 7) is 1.94. The van der Waals surface area contributed by atoms with Gasteiger partial charge in [0.05, 0.1) is 17.7 Å². The fourth-order valence-electron chi connectivity index (χ4n) is 2.57. The molecule has 0 amide bonds. The summed E-state index contributed by atoms with van der Waals surface area (Å²) < 4.78 is 43.7. The predicted octanol–water partition coefficient (Wildman–Crippen LogP) is 5.17. The van der Waals surface area contributed by atoms with Crippen LogP contribution in [0.4, 0.5) is 24.7 Å². The van der Waals surface area contributed by atoms with Gasteiger partial charge in [0.15, 0.2) is 0 Å². The van der Waals surface area contributed by atoms with Crippen molar-refractivity contribution in [1.82, 2.24) is 4.98 Å². The number of anilines is 2. The van der Waals surface area contributed by atoms with E-state index < -0.39 is 17.7 Å². The third-order valence-electron chi connectivity index (χ3n) is 3.74. The molecule has 26 heavy (non-hydrogen) atoms. The van der Waals surface area contributed by atoms with Gasteiger partial charge in [-0.1, -0.05) is 30.3 Å². The number of nitrogens with one attached hydrogen (secondary N) is 1. The number of aromatic nitrogens is 1. The molecule has 0 aliphatic carbocycles. The van der Waals surface area contributed by atoms with Gasteiger partial charge < -0.3 is 10.1 Å². The zero-order valence-electron chi connectivity index (χ0n) is 13.8. The van der Waals surface area contributed by atoms with Crippen LogP contribution in [0.25, 0.3) is 10.8 Å². The number of hydrogen-bond donors (Lipinski definition) is 1. The Morgan fingerprint density at radius 1 is 1.12 bits per heavy atom. The molecule has 0 aliphatic rings. The number of hydrogen-bond acceptors (Lipinski definition) is 4. The average molecular weight is 360 g/mol. The zero-order valence-corrected chi connectivity index (χ0v) is 13.8. The molecule has 0 spiro atoms. The number of nitrogens with zero attached hydrogens (tertiary/aromatic N) is 1. The molecule has 0 unspecified atom stereocenters. The van der Waals surface area contributed by atoms with Crippen LogP contribution < -0.4 is 5.32 Å². The lowest BCUT2D eigenvalue weighted by Gasteiger charge is -2.13. The molecule has 0 saturated heterocycles. The normalized spacial score (nSPS) is 11.4. The standard InChI is InChI=1S/C19H15F3N2O2/c1-2-26-18(25)16-11-23-17(15-9-4-3-8-14(15)16)24-13-7-5-6-12(10-13)19(20,21)22/h3-11H,2H2,1H3,(H,23,24). The second-order valence-corrected chi connectivity index (χ2v) is 5.49. The Hall–Kier alpha value is -3.09. The molecule has 7 heteroatoms. The highest BCUT2D eigenvalue weighted by Gasteiger charge is 2.30. The molecule has 1 aromatic heterocycles. The van der Waals surface area contributed by atoms with Crippen LogP contribution in [0.2, 0.25) is 0 Å². The first-order valence-electron chi connectivity index (χ1n) is 7.89. The molecule has 4 nitrogen and oxygen atoms in total. The maximum Gasteiger partial charge on any atom is 0.416 e. The summed E-state index contributed by atoms with van der Waals surface area (Å²) >= 11 is 0. The Kier molecular flexibility index (Phi) is 4.79. The van der Waals surface area contributed by atoms with E-state index in [1.54, 1.807) is 31.2 Å². The van der Waals surface area contributed by atoms with Crippen molar-refractivity contribution in [3.8, 4) is 0 Å². The molecule has 1 heterocycles. The van der Waals surface area contributed by atoms with Crippen molar-refractivity contribution in [2.24, 2.45) is 0 Å². The fraction of sp³-hybridized carbons (Fsp3) is 0.158. The van der Waals surface area contributed by atoms with Crippen molar-refractivity contribution in [2.45, 2.75) is 13.1 Å². The van der Waals surface area contributed by atoms with Crippen molar-refractivity contribution in [2.75, 3.05) is 11.9 Å². The van der Waals surface area contributed by atoms with E-state index in [4.69, 9.17) is 4.74 Å². The Balaban J connectivity index is 2.02. The Morgan fingerprint density at radius 2 is 1.85 bits per heavy atom. The summed E-state index contributed by atoms with van der Waals surface area (Å²) in [5, 5.41) is 4.11. The highest BCUT2D eigenvalue weighted by Crippen LogP contribution is 2.32. The number of carbonyl (C=O) groups is 1. The molecule has 0 atom stereocenters. The first-order chi connectivity index (χ1) is 12.4. The summed E-state index contributed by atoms with van der Waals surface area (Å²) in [6.07, 6.45) is -3.07. The number of carbonyl (C=O) groups excluding carboxylic acids is 1. The molecule has 3 rings (SSSR count). The predicted molar refractivity (Wildman–Crippen MR) is 92.4 cm³/mol. The van der Waals surface area contributed by atoms with Crippen LogP contribution in [0, 0.1) is 0 Å². The number of benzene rings is 2. The van der Waals surface area contributed by atoms with Crippen LogP contribution >= 0.6 is 0 Å². The second-order valence-electron chi connectivity index (χ2n) is 5.49. The van der Waals surface area contributed by atoms with E-state index in [2.05, 4.69) is 10.3 Å². The van der Waals surface area contributed by atoms with Gasteiger partial charge in [0.2, 0.25) is 0 Å². The second kappa shape index (κ2) is 7.03. The van der Waals surface area contributed by atoms with Gasteiger partial charge >= 0.3 is 12.1 Å². The topological polar surface area (TPSA) is 51.2 Å². The Morgan fingerprint density at radius 3 is 2.54 bits per heavy atom. The van der Waals surface area contributed by atoms with Crippen LogP contribution in [0.3, 0.4) is 0 Å². The smallest absolute Gasteiger partial charge is 0.416 e. The lowest BCUT2D eigenvalue weighted by atomic mass is 10.1. The maximum atomic E-state index is 12.9. The molecule has 0 saturated carbocycles. The van der Waals surface area contributed by atoms with Gasteiger partial charge in [0, 0.05) is 22.7 Å². The van der Waals surface area contributed by atoms with E-state index in [9.17, 15) is 18.0 Å². The number of alkyl halides is 3. The molecule has 3 aromatic rings.